The van der Waals surface area contributed by atoms with Gasteiger partial charge in [-0.25, -0.2) is 0 Å². The van der Waals surface area contributed by atoms with Crippen molar-refractivity contribution in [3.63, 3.8) is 0 Å². The normalized spacial score (nSPS) is 12.8. The maximum absolute atomic E-state index is 5.33. The molecule has 92 valence electrons. The highest BCUT2D eigenvalue weighted by molar-refractivity contribution is 7.98. The van der Waals surface area contributed by atoms with E-state index in [1.165, 1.54) is 0 Å². The predicted molar refractivity (Wildman–Crippen MR) is 70.0 cm³/mol. The van der Waals surface area contributed by atoms with Crippen molar-refractivity contribution in [3.8, 4) is 0 Å². The fraction of sp³-hybridized carbons (Fsp3) is 0.385. The van der Waals surface area contributed by atoms with E-state index in [1.807, 2.05) is 36.0 Å². The smallest absolute Gasteiger partial charge is 0.120 e. The molecule has 0 spiro atoms. The van der Waals surface area contributed by atoms with E-state index in [9.17, 15) is 0 Å². The van der Waals surface area contributed by atoms with E-state index >= 15 is 0 Å². The minimum absolute atomic E-state index is 0.272. The summed E-state index contributed by atoms with van der Waals surface area (Å²) in [4.78, 5) is 0. The molecule has 0 fully saturated rings. The molecule has 1 atom stereocenters. The summed E-state index contributed by atoms with van der Waals surface area (Å²) in [5, 5.41) is 3.42. The molecule has 3 nitrogen and oxygen atoms in total. The lowest BCUT2D eigenvalue weighted by Gasteiger charge is -2.10. The van der Waals surface area contributed by atoms with Gasteiger partial charge in [-0.15, -0.1) is 0 Å². The lowest BCUT2D eigenvalue weighted by Crippen LogP contribution is -2.20. The lowest BCUT2D eigenvalue weighted by atomic mass is 10.2. The zero-order valence-electron chi connectivity index (χ0n) is 9.89. The first kappa shape index (κ1) is 12.3. The molecule has 0 aliphatic carbocycles. The molecule has 0 amide bonds. The van der Waals surface area contributed by atoms with Crippen molar-refractivity contribution in [2.75, 3.05) is 12.3 Å². The SMILES string of the molecule is CC(NCCSCc1ccco1)c1ccco1. The van der Waals surface area contributed by atoms with Crippen LogP contribution in [-0.4, -0.2) is 12.3 Å². The molecule has 2 rings (SSSR count). The molecule has 4 heteroatoms. The molecule has 17 heavy (non-hydrogen) atoms. The van der Waals surface area contributed by atoms with Gasteiger partial charge in [-0.05, 0) is 31.2 Å². The van der Waals surface area contributed by atoms with E-state index in [-0.39, 0.29) is 6.04 Å². The Labute approximate surface area is 106 Å². The summed E-state index contributed by atoms with van der Waals surface area (Å²) in [5.74, 6) is 4.02. The van der Waals surface area contributed by atoms with Crippen molar-refractivity contribution in [3.05, 3.63) is 48.3 Å². The Balaban J connectivity index is 1.57. The van der Waals surface area contributed by atoms with Gasteiger partial charge >= 0.3 is 0 Å². The van der Waals surface area contributed by atoms with Crippen molar-refractivity contribution in [2.45, 2.75) is 18.7 Å². The molecule has 0 aromatic carbocycles. The summed E-state index contributed by atoms with van der Waals surface area (Å²) in [6, 6.07) is 8.11. The predicted octanol–water partition coefficient (Wildman–Crippen LogP) is 3.46. The van der Waals surface area contributed by atoms with Gasteiger partial charge < -0.3 is 14.2 Å². The fourth-order valence-electron chi connectivity index (χ4n) is 1.55. The van der Waals surface area contributed by atoms with Crippen LogP contribution in [0.2, 0.25) is 0 Å². The van der Waals surface area contributed by atoms with Crippen LogP contribution >= 0.6 is 11.8 Å². The third-order valence-electron chi connectivity index (χ3n) is 2.49. The molecule has 1 unspecified atom stereocenters. The first-order valence-electron chi connectivity index (χ1n) is 5.73. The van der Waals surface area contributed by atoms with Gasteiger partial charge in [-0.2, -0.15) is 11.8 Å². The van der Waals surface area contributed by atoms with E-state index in [4.69, 9.17) is 8.83 Å². The van der Waals surface area contributed by atoms with Crippen LogP contribution in [0.5, 0.6) is 0 Å². The van der Waals surface area contributed by atoms with Crippen molar-refractivity contribution >= 4 is 11.8 Å². The topological polar surface area (TPSA) is 38.3 Å². The highest BCUT2D eigenvalue weighted by Crippen LogP contribution is 2.14. The van der Waals surface area contributed by atoms with Crippen LogP contribution in [0, 0.1) is 0 Å². The maximum Gasteiger partial charge on any atom is 0.120 e. The van der Waals surface area contributed by atoms with Crippen LogP contribution in [-0.2, 0) is 5.75 Å². The van der Waals surface area contributed by atoms with Crippen LogP contribution in [0.4, 0.5) is 0 Å². The van der Waals surface area contributed by atoms with Gasteiger partial charge in [0.05, 0.1) is 24.3 Å². The summed E-state index contributed by atoms with van der Waals surface area (Å²) in [5.41, 5.74) is 0. The first-order valence-corrected chi connectivity index (χ1v) is 6.88. The number of nitrogens with one attached hydrogen (secondary N) is 1. The van der Waals surface area contributed by atoms with Gasteiger partial charge in [0.2, 0.25) is 0 Å². The Hall–Kier alpha value is -1.13. The minimum Gasteiger partial charge on any atom is -0.468 e. The summed E-state index contributed by atoms with van der Waals surface area (Å²) in [7, 11) is 0. The minimum atomic E-state index is 0.272. The van der Waals surface area contributed by atoms with Crippen LogP contribution in [0.15, 0.2) is 45.6 Å². The first-order chi connectivity index (χ1) is 8.36. The van der Waals surface area contributed by atoms with Crippen LogP contribution in [0.3, 0.4) is 0 Å². The second-order valence-corrected chi connectivity index (χ2v) is 4.93. The molecule has 2 heterocycles. The largest absolute Gasteiger partial charge is 0.468 e. The van der Waals surface area contributed by atoms with Crippen LogP contribution in [0.25, 0.3) is 0 Å². The summed E-state index contributed by atoms with van der Waals surface area (Å²) < 4.78 is 10.6. The average Bonchev–Trinajstić information content (AvgIpc) is 3.01. The maximum atomic E-state index is 5.33. The standard InChI is InChI=1S/C13H17NO2S/c1-11(13-5-3-8-16-13)14-6-9-17-10-12-4-2-7-15-12/h2-5,7-8,11,14H,6,9-10H2,1H3. The van der Waals surface area contributed by atoms with Gasteiger partial charge in [-0.3, -0.25) is 0 Å². The molecule has 0 saturated heterocycles. The third kappa shape index (κ3) is 3.98. The highest BCUT2D eigenvalue weighted by atomic mass is 32.2. The number of rotatable bonds is 7. The quantitative estimate of drug-likeness (QED) is 0.765. The molecule has 0 bridgehead atoms. The van der Waals surface area contributed by atoms with Crippen molar-refractivity contribution in [2.24, 2.45) is 0 Å². The Kier molecular flexibility index (Phi) is 4.76. The van der Waals surface area contributed by atoms with Gasteiger partial charge in [0.1, 0.15) is 11.5 Å². The number of hydrogen-bond donors (Lipinski definition) is 1. The summed E-state index contributed by atoms with van der Waals surface area (Å²) >= 11 is 1.86. The molecule has 0 aliphatic rings. The molecule has 0 saturated carbocycles. The molecular weight excluding hydrogens is 234 g/mol. The zero-order chi connectivity index (χ0) is 11.9. The number of hydrogen-bond acceptors (Lipinski definition) is 4. The lowest BCUT2D eigenvalue weighted by molar-refractivity contribution is 0.438. The van der Waals surface area contributed by atoms with Gasteiger partial charge in [-0.1, -0.05) is 0 Å². The Morgan fingerprint density at radius 3 is 2.76 bits per heavy atom. The Morgan fingerprint density at radius 2 is 2.06 bits per heavy atom. The van der Waals surface area contributed by atoms with Crippen molar-refractivity contribution in [1.82, 2.24) is 5.32 Å². The van der Waals surface area contributed by atoms with E-state index in [1.54, 1.807) is 12.5 Å². The van der Waals surface area contributed by atoms with Crippen molar-refractivity contribution in [1.29, 1.82) is 0 Å². The molecule has 0 aliphatic heterocycles. The van der Waals surface area contributed by atoms with E-state index < -0.39 is 0 Å². The Bertz CT molecular complexity index is 397. The molecule has 2 aromatic heterocycles. The molecule has 2 aromatic rings. The third-order valence-corrected chi connectivity index (χ3v) is 3.47. The van der Waals surface area contributed by atoms with Crippen molar-refractivity contribution < 1.29 is 8.83 Å². The summed E-state index contributed by atoms with van der Waals surface area (Å²) in [6.45, 7) is 3.07. The van der Waals surface area contributed by atoms with E-state index in [2.05, 4.69) is 12.2 Å². The van der Waals surface area contributed by atoms with Gasteiger partial charge in [0.25, 0.3) is 0 Å². The second kappa shape index (κ2) is 6.57. The Morgan fingerprint density at radius 1 is 1.24 bits per heavy atom. The number of furan rings is 2. The summed E-state index contributed by atoms with van der Waals surface area (Å²) in [6.07, 6.45) is 3.42. The van der Waals surface area contributed by atoms with Gasteiger partial charge in [0, 0.05) is 12.3 Å². The van der Waals surface area contributed by atoms with Crippen LogP contribution < -0.4 is 5.32 Å². The highest BCUT2D eigenvalue weighted by Gasteiger charge is 2.06. The zero-order valence-corrected chi connectivity index (χ0v) is 10.7. The second-order valence-electron chi connectivity index (χ2n) is 3.82. The monoisotopic (exact) mass is 251 g/mol. The number of thioether (sulfide) groups is 1. The fourth-order valence-corrected chi connectivity index (χ4v) is 2.33. The van der Waals surface area contributed by atoms with E-state index in [0.717, 1.165) is 29.6 Å². The van der Waals surface area contributed by atoms with Gasteiger partial charge in [0.15, 0.2) is 0 Å². The van der Waals surface area contributed by atoms with Crippen LogP contribution in [0.1, 0.15) is 24.5 Å². The molecule has 1 N–H and O–H groups in total. The average molecular weight is 251 g/mol. The van der Waals surface area contributed by atoms with E-state index in [0.29, 0.717) is 0 Å². The molecule has 0 radical (unpaired) electrons. The molecular formula is C13H17NO2S.